The molecule has 2 fully saturated rings. The molecule has 2 heterocycles. The largest absolute Gasteiger partial charge is 0.490 e. The molecule has 21 heavy (non-hydrogen) atoms. The van der Waals surface area contributed by atoms with Crippen LogP contribution in [0.25, 0.3) is 0 Å². The summed E-state index contributed by atoms with van der Waals surface area (Å²) in [5.74, 6) is -0.138. The first-order valence-corrected chi connectivity index (χ1v) is 7.78. The average molecular weight is 294 g/mol. The van der Waals surface area contributed by atoms with Gasteiger partial charge in [0.05, 0.1) is 24.1 Å². The number of aliphatic hydroxyl groups excluding tert-OH is 1. The highest BCUT2D eigenvalue weighted by atomic mass is 19.1. The van der Waals surface area contributed by atoms with Crippen molar-refractivity contribution in [3.8, 4) is 5.75 Å². The van der Waals surface area contributed by atoms with Crippen molar-refractivity contribution in [2.45, 2.75) is 57.2 Å². The van der Waals surface area contributed by atoms with E-state index in [2.05, 4.69) is 4.90 Å². The lowest BCUT2D eigenvalue weighted by Gasteiger charge is -2.39. The number of fused-ring (bicyclic) bond motifs is 2. The van der Waals surface area contributed by atoms with Crippen LogP contribution in [-0.4, -0.2) is 29.9 Å². The minimum Gasteiger partial charge on any atom is -0.490 e. The first kappa shape index (κ1) is 14.4. The van der Waals surface area contributed by atoms with Crippen LogP contribution < -0.4 is 15.4 Å². The van der Waals surface area contributed by atoms with Gasteiger partial charge >= 0.3 is 0 Å². The molecule has 116 valence electrons. The number of hydrogen-bond acceptors (Lipinski definition) is 4. The van der Waals surface area contributed by atoms with Gasteiger partial charge in [-0.2, -0.15) is 0 Å². The molecule has 3 N–H and O–H groups in total. The third-order valence-electron chi connectivity index (χ3n) is 4.53. The Morgan fingerprint density at radius 3 is 2.62 bits per heavy atom. The molecular formula is C16H23FN2O2. The molecule has 2 aliphatic rings. The summed E-state index contributed by atoms with van der Waals surface area (Å²) in [5.41, 5.74) is 7.33. The zero-order valence-electron chi connectivity index (χ0n) is 12.4. The zero-order chi connectivity index (χ0) is 15.0. The molecule has 0 aliphatic carbocycles. The Kier molecular flexibility index (Phi) is 3.93. The van der Waals surface area contributed by atoms with Crippen molar-refractivity contribution in [3.63, 3.8) is 0 Å². The highest BCUT2D eigenvalue weighted by Crippen LogP contribution is 2.43. The summed E-state index contributed by atoms with van der Waals surface area (Å²) < 4.78 is 19.4. The predicted molar refractivity (Wildman–Crippen MR) is 81.1 cm³/mol. The van der Waals surface area contributed by atoms with Gasteiger partial charge in [-0.05, 0) is 32.1 Å². The van der Waals surface area contributed by atoms with E-state index in [1.54, 1.807) is 6.07 Å². The van der Waals surface area contributed by atoms with Crippen LogP contribution in [0.5, 0.6) is 5.75 Å². The second kappa shape index (κ2) is 5.72. The van der Waals surface area contributed by atoms with Crippen LogP contribution in [0.1, 0.15) is 39.0 Å². The van der Waals surface area contributed by atoms with Gasteiger partial charge in [0, 0.05) is 24.2 Å². The van der Waals surface area contributed by atoms with Crippen LogP contribution in [0.4, 0.5) is 15.8 Å². The summed E-state index contributed by atoms with van der Waals surface area (Å²) >= 11 is 0. The number of nitrogens with two attached hydrogens (primary N) is 1. The number of rotatable bonds is 4. The summed E-state index contributed by atoms with van der Waals surface area (Å²) in [7, 11) is 0. The van der Waals surface area contributed by atoms with E-state index in [0.29, 0.717) is 24.4 Å². The lowest BCUT2D eigenvalue weighted by atomic mass is 9.98. The van der Waals surface area contributed by atoms with Crippen LogP contribution in [0.2, 0.25) is 0 Å². The fourth-order valence-corrected chi connectivity index (χ4v) is 3.65. The number of piperidine rings is 1. The Balaban J connectivity index is 1.91. The van der Waals surface area contributed by atoms with E-state index < -0.39 is 5.82 Å². The van der Waals surface area contributed by atoms with E-state index in [1.165, 1.54) is 6.07 Å². The number of benzene rings is 1. The smallest absolute Gasteiger partial charge is 0.167 e. The van der Waals surface area contributed by atoms with Crippen LogP contribution in [0.3, 0.4) is 0 Å². The number of aliphatic hydroxyl groups is 1. The first-order valence-electron chi connectivity index (χ1n) is 7.78. The quantitative estimate of drug-likeness (QED) is 0.838. The first-order chi connectivity index (χ1) is 10.1. The minimum atomic E-state index is -0.408. The van der Waals surface area contributed by atoms with Crippen molar-refractivity contribution in [1.29, 1.82) is 0 Å². The van der Waals surface area contributed by atoms with Gasteiger partial charge in [-0.3, -0.25) is 0 Å². The van der Waals surface area contributed by atoms with Crippen LogP contribution in [0.15, 0.2) is 12.1 Å². The van der Waals surface area contributed by atoms with Gasteiger partial charge in [0.2, 0.25) is 0 Å². The lowest BCUT2D eigenvalue weighted by molar-refractivity contribution is 0.126. The van der Waals surface area contributed by atoms with Crippen LogP contribution >= 0.6 is 0 Å². The second-order valence-corrected chi connectivity index (χ2v) is 6.11. The van der Waals surface area contributed by atoms with Gasteiger partial charge in [0.1, 0.15) is 0 Å². The molecule has 3 rings (SSSR count). The number of anilines is 2. The van der Waals surface area contributed by atoms with E-state index in [9.17, 15) is 9.50 Å². The zero-order valence-corrected chi connectivity index (χ0v) is 12.4. The average Bonchev–Trinajstić information content (AvgIpc) is 2.70. The number of nitrogen functional groups attached to an aromatic ring is 1. The van der Waals surface area contributed by atoms with Crippen molar-refractivity contribution in [1.82, 2.24) is 0 Å². The van der Waals surface area contributed by atoms with E-state index >= 15 is 0 Å². The van der Waals surface area contributed by atoms with Crippen molar-refractivity contribution in [3.05, 3.63) is 17.9 Å². The summed E-state index contributed by atoms with van der Waals surface area (Å²) in [5, 5.41) is 9.90. The standard InChI is InChI=1S/C16H23FN2O2/c1-2-5-21-16-9-15(14(18)8-13(16)17)19-10-3-4-11(19)7-12(20)6-10/h8-12,20H,2-7,18H2,1H3. The van der Waals surface area contributed by atoms with Crippen molar-refractivity contribution >= 4 is 11.4 Å². The summed E-state index contributed by atoms with van der Waals surface area (Å²) in [6, 6.07) is 3.67. The molecule has 0 radical (unpaired) electrons. The van der Waals surface area contributed by atoms with Crippen molar-refractivity contribution in [2.75, 3.05) is 17.2 Å². The molecule has 2 aliphatic heterocycles. The van der Waals surface area contributed by atoms with Gasteiger partial charge in [0.15, 0.2) is 11.6 Å². The maximum atomic E-state index is 13.9. The predicted octanol–water partition coefficient (Wildman–Crippen LogP) is 2.69. The lowest BCUT2D eigenvalue weighted by Crippen LogP contribution is -2.45. The van der Waals surface area contributed by atoms with E-state index in [4.69, 9.17) is 10.5 Å². The van der Waals surface area contributed by atoms with Gasteiger partial charge in [-0.15, -0.1) is 0 Å². The van der Waals surface area contributed by atoms with Crippen molar-refractivity contribution in [2.24, 2.45) is 0 Å². The van der Waals surface area contributed by atoms with E-state index in [0.717, 1.165) is 37.8 Å². The van der Waals surface area contributed by atoms with Crippen LogP contribution in [-0.2, 0) is 0 Å². The maximum absolute atomic E-state index is 13.9. The normalized spacial score (nSPS) is 28.0. The molecule has 2 saturated heterocycles. The summed E-state index contributed by atoms with van der Waals surface area (Å²) in [6.07, 6.45) is 4.25. The molecule has 2 atom stereocenters. The van der Waals surface area contributed by atoms with Gasteiger partial charge in [-0.1, -0.05) is 6.92 Å². The summed E-state index contributed by atoms with van der Waals surface area (Å²) in [6.45, 7) is 2.48. The molecule has 1 aromatic carbocycles. The molecule has 0 spiro atoms. The Labute approximate surface area is 124 Å². The number of ether oxygens (including phenoxy) is 1. The van der Waals surface area contributed by atoms with Gasteiger partial charge < -0.3 is 20.5 Å². The second-order valence-electron chi connectivity index (χ2n) is 6.11. The number of hydrogen-bond donors (Lipinski definition) is 2. The topological polar surface area (TPSA) is 58.7 Å². The van der Waals surface area contributed by atoms with E-state index in [-0.39, 0.29) is 11.9 Å². The molecule has 0 saturated carbocycles. The number of halogens is 1. The Hall–Kier alpha value is -1.49. The Morgan fingerprint density at radius 1 is 1.33 bits per heavy atom. The Bertz CT molecular complexity index is 509. The Morgan fingerprint density at radius 2 is 2.00 bits per heavy atom. The molecule has 0 aromatic heterocycles. The van der Waals surface area contributed by atoms with Crippen molar-refractivity contribution < 1.29 is 14.2 Å². The molecule has 0 amide bonds. The monoisotopic (exact) mass is 294 g/mol. The van der Waals surface area contributed by atoms with Gasteiger partial charge in [-0.25, -0.2) is 4.39 Å². The third kappa shape index (κ3) is 2.67. The maximum Gasteiger partial charge on any atom is 0.167 e. The van der Waals surface area contributed by atoms with E-state index in [1.807, 2.05) is 6.92 Å². The van der Waals surface area contributed by atoms with Gasteiger partial charge in [0.25, 0.3) is 0 Å². The highest BCUT2D eigenvalue weighted by molar-refractivity contribution is 5.71. The summed E-state index contributed by atoms with van der Waals surface area (Å²) in [4.78, 5) is 2.26. The molecular weight excluding hydrogens is 271 g/mol. The fraction of sp³-hybridized carbons (Fsp3) is 0.625. The molecule has 2 bridgehead atoms. The number of nitrogens with zero attached hydrogens (tertiary/aromatic N) is 1. The molecule has 4 nitrogen and oxygen atoms in total. The van der Waals surface area contributed by atoms with Crippen LogP contribution in [0, 0.1) is 5.82 Å². The molecule has 2 unspecified atom stereocenters. The highest BCUT2D eigenvalue weighted by Gasteiger charge is 2.41. The fourth-order valence-electron chi connectivity index (χ4n) is 3.65. The third-order valence-corrected chi connectivity index (χ3v) is 4.53. The minimum absolute atomic E-state index is 0.226. The molecule has 5 heteroatoms. The molecule has 1 aromatic rings. The SMILES string of the molecule is CCCOc1cc(N2C3CCC2CC(O)C3)c(N)cc1F.